The molecule has 0 radical (unpaired) electrons. The van der Waals surface area contributed by atoms with Crippen LogP contribution in [0, 0.1) is 0 Å². The SMILES string of the molecule is c1csc([C@@H]2Oc3ccccc3[C@@H]3CC(c4ccc5ccccc5c4)=NN32)c1. The van der Waals surface area contributed by atoms with Crippen molar-refractivity contribution in [2.45, 2.75) is 18.7 Å². The van der Waals surface area contributed by atoms with Crippen molar-refractivity contribution in [2.24, 2.45) is 5.10 Å². The Morgan fingerprint density at radius 2 is 1.75 bits per heavy atom. The number of benzene rings is 3. The van der Waals surface area contributed by atoms with Crippen molar-refractivity contribution in [1.29, 1.82) is 0 Å². The molecule has 6 rings (SSSR count). The molecule has 3 aromatic carbocycles. The summed E-state index contributed by atoms with van der Waals surface area (Å²) in [5, 5.41) is 11.8. The van der Waals surface area contributed by atoms with E-state index in [1.807, 2.05) is 6.07 Å². The fourth-order valence-electron chi connectivity index (χ4n) is 4.20. The fraction of sp³-hybridized carbons (Fsp3) is 0.125. The minimum Gasteiger partial charge on any atom is -0.464 e. The number of nitrogens with zero attached hydrogens (tertiary/aromatic N) is 2. The smallest absolute Gasteiger partial charge is 0.222 e. The van der Waals surface area contributed by atoms with E-state index in [9.17, 15) is 0 Å². The second-order valence-electron chi connectivity index (χ2n) is 7.23. The summed E-state index contributed by atoms with van der Waals surface area (Å²) in [5.74, 6) is 0.970. The Morgan fingerprint density at radius 3 is 2.64 bits per heavy atom. The highest BCUT2D eigenvalue weighted by molar-refractivity contribution is 7.10. The lowest BCUT2D eigenvalue weighted by molar-refractivity contribution is -0.0165. The van der Waals surface area contributed by atoms with Crippen LogP contribution in [0.4, 0.5) is 0 Å². The van der Waals surface area contributed by atoms with E-state index >= 15 is 0 Å². The molecule has 0 aliphatic carbocycles. The standard InChI is InChI=1S/C24H18N2OS/c1-2-7-17-14-18(12-11-16(17)6-1)20-15-21-19-8-3-4-9-22(19)27-24(26(21)25-20)23-10-5-13-28-23/h1-14,21,24H,15H2/t21-,24-/m0/s1. The number of fused-ring (bicyclic) bond motifs is 4. The number of hydrazone groups is 1. The molecule has 4 aromatic rings. The quantitative estimate of drug-likeness (QED) is 0.416. The van der Waals surface area contributed by atoms with Crippen molar-refractivity contribution in [2.75, 3.05) is 0 Å². The summed E-state index contributed by atoms with van der Waals surface area (Å²) in [4.78, 5) is 1.18. The molecule has 0 unspecified atom stereocenters. The van der Waals surface area contributed by atoms with Gasteiger partial charge in [0.15, 0.2) is 0 Å². The molecule has 2 atom stereocenters. The van der Waals surface area contributed by atoms with Gasteiger partial charge in [0.2, 0.25) is 6.23 Å². The van der Waals surface area contributed by atoms with Crippen molar-refractivity contribution < 1.29 is 4.74 Å². The zero-order valence-corrected chi connectivity index (χ0v) is 16.0. The first kappa shape index (κ1) is 15.9. The second-order valence-corrected chi connectivity index (χ2v) is 8.21. The monoisotopic (exact) mass is 382 g/mol. The predicted octanol–water partition coefficient (Wildman–Crippen LogP) is 6.14. The van der Waals surface area contributed by atoms with Crippen LogP contribution in [-0.2, 0) is 0 Å². The Kier molecular flexibility index (Phi) is 3.53. The number of hydrogen-bond acceptors (Lipinski definition) is 4. The predicted molar refractivity (Wildman–Crippen MR) is 114 cm³/mol. The highest BCUT2D eigenvalue weighted by Crippen LogP contribution is 2.48. The molecule has 136 valence electrons. The maximum Gasteiger partial charge on any atom is 0.222 e. The number of thiophene rings is 1. The largest absolute Gasteiger partial charge is 0.464 e. The Morgan fingerprint density at radius 1 is 0.893 bits per heavy atom. The lowest BCUT2D eigenvalue weighted by atomic mass is 9.95. The lowest BCUT2D eigenvalue weighted by Crippen LogP contribution is -2.33. The van der Waals surface area contributed by atoms with Crippen LogP contribution in [-0.4, -0.2) is 10.7 Å². The van der Waals surface area contributed by atoms with Gasteiger partial charge in [0.25, 0.3) is 0 Å². The Bertz CT molecular complexity index is 1200. The van der Waals surface area contributed by atoms with Gasteiger partial charge in [-0.3, -0.25) is 0 Å². The third-order valence-corrected chi connectivity index (χ3v) is 6.47. The average Bonchev–Trinajstić information content (AvgIpc) is 3.43. The van der Waals surface area contributed by atoms with Crippen LogP contribution in [0.3, 0.4) is 0 Å². The molecule has 28 heavy (non-hydrogen) atoms. The van der Waals surface area contributed by atoms with Gasteiger partial charge in [-0.15, -0.1) is 11.3 Å². The molecule has 0 N–H and O–H groups in total. The molecule has 0 bridgehead atoms. The highest BCUT2D eigenvalue weighted by Gasteiger charge is 2.41. The molecule has 0 fully saturated rings. The summed E-state index contributed by atoms with van der Waals surface area (Å²) < 4.78 is 6.37. The summed E-state index contributed by atoms with van der Waals surface area (Å²) in [7, 11) is 0. The Hall–Kier alpha value is -3.11. The van der Waals surface area contributed by atoms with E-state index < -0.39 is 0 Å². The van der Waals surface area contributed by atoms with Gasteiger partial charge in [-0.05, 0) is 39.9 Å². The van der Waals surface area contributed by atoms with Crippen LogP contribution in [0.2, 0.25) is 0 Å². The molecule has 2 aliphatic heterocycles. The van der Waals surface area contributed by atoms with Gasteiger partial charge >= 0.3 is 0 Å². The lowest BCUT2D eigenvalue weighted by Gasteiger charge is -2.37. The van der Waals surface area contributed by atoms with Crippen molar-refractivity contribution >= 4 is 27.8 Å². The first-order chi connectivity index (χ1) is 13.9. The summed E-state index contributed by atoms with van der Waals surface area (Å²) in [5.41, 5.74) is 3.53. The average molecular weight is 382 g/mol. The maximum absolute atomic E-state index is 6.37. The van der Waals surface area contributed by atoms with E-state index in [1.165, 1.54) is 26.8 Å². The van der Waals surface area contributed by atoms with E-state index in [0.717, 1.165) is 17.9 Å². The minimum atomic E-state index is -0.169. The zero-order chi connectivity index (χ0) is 18.5. The number of ether oxygens (including phenoxy) is 1. The minimum absolute atomic E-state index is 0.169. The van der Waals surface area contributed by atoms with Gasteiger partial charge < -0.3 is 4.74 Å². The number of hydrogen-bond donors (Lipinski definition) is 0. The van der Waals surface area contributed by atoms with Gasteiger partial charge in [0, 0.05) is 12.0 Å². The zero-order valence-electron chi connectivity index (χ0n) is 15.2. The fourth-order valence-corrected chi connectivity index (χ4v) is 4.94. The first-order valence-electron chi connectivity index (χ1n) is 9.51. The molecule has 4 heteroatoms. The van der Waals surface area contributed by atoms with Crippen LogP contribution >= 0.6 is 11.3 Å². The molecule has 1 aromatic heterocycles. The van der Waals surface area contributed by atoms with Crippen LogP contribution in [0.5, 0.6) is 5.75 Å². The topological polar surface area (TPSA) is 24.8 Å². The Balaban J connectivity index is 1.45. The van der Waals surface area contributed by atoms with Gasteiger partial charge in [0.1, 0.15) is 5.75 Å². The molecule has 0 spiro atoms. The van der Waals surface area contributed by atoms with Crippen molar-refractivity contribution in [3.05, 3.63) is 100 Å². The molecular weight excluding hydrogens is 364 g/mol. The molecular formula is C24H18N2OS. The van der Waals surface area contributed by atoms with E-state index in [0.29, 0.717) is 0 Å². The van der Waals surface area contributed by atoms with E-state index in [1.54, 1.807) is 11.3 Å². The third-order valence-electron chi connectivity index (χ3n) is 5.57. The maximum atomic E-state index is 6.37. The van der Waals surface area contributed by atoms with Crippen LogP contribution in [0.25, 0.3) is 10.8 Å². The molecule has 3 nitrogen and oxygen atoms in total. The number of para-hydroxylation sites is 1. The summed E-state index contributed by atoms with van der Waals surface area (Å²) in [6, 6.07) is 27.9. The van der Waals surface area contributed by atoms with Crippen LogP contribution < -0.4 is 4.74 Å². The van der Waals surface area contributed by atoms with Gasteiger partial charge in [0.05, 0.1) is 16.6 Å². The van der Waals surface area contributed by atoms with Crippen molar-refractivity contribution in [1.82, 2.24) is 5.01 Å². The summed E-state index contributed by atoms with van der Waals surface area (Å²) >= 11 is 1.72. The first-order valence-corrected chi connectivity index (χ1v) is 10.4. The summed E-state index contributed by atoms with van der Waals surface area (Å²) in [6.45, 7) is 0. The molecule has 2 aliphatic rings. The van der Waals surface area contributed by atoms with Crippen molar-refractivity contribution in [3.63, 3.8) is 0 Å². The van der Waals surface area contributed by atoms with Gasteiger partial charge in [-0.2, -0.15) is 5.10 Å². The highest BCUT2D eigenvalue weighted by atomic mass is 32.1. The normalized spacial score (nSPS) is 20.4. The van der Waals surface area contributed by atoms with E-state index in [4.69, 9.17) is 9.84 Å². The molecule has 0 saturated carbocycles. The van der Waals surface area contributed by atoms with Crippen LogP contribution in [0.1, 0.15) is 34.7 Å². The van der Waals surface area contributed by atoms with Crippen LogP contribution in [0.15, 0.2) is 89.3 Å². The molecule has 0 amide bonds. The number of rotatable bonds is 2. The van der Waals surface area contributed by atoms with E-state index in [-0.39, 0.29) is 12.3 Å². The molecule has 0 saturated heterocycles. The molecule has 3 heterocycles. The van der Waals surface area contributed by atoms with Crippen molar-refractivity contribution in [3.8, 4) is 5.75 Å². The summed E-state index contributed by atoms with van der Waals surface area (Å²) in [6.07, 6.45) is 0.721. The van der Waals surface area contributed by atoms with Gasteiger partial charge in [-0.25, -0.2) is 5.01 Å². The van der Waals surface area contributed by atoms with E-state index in [2.05, 4.69) is 83.2 Å². The Labute approximate surface area is 167 Å². The third kappa shape index (κ3) is 2.45. The second kappa shape index (κ2) is 6.21. The van der Waals surface area contributed by atoms with Gasteiger partial charge in [-0.1, -0.05) is 60.7 Å².